The molecule has 1 aliphatic carbocycles. The van der Waals surface area contributed by atoms with Crippen LogP contribution >= 0.6 is 0 Å². The normalized spacial score (nSPS) is 28.8. The summed E-state index contributed by atoms with van der Waals surface area (Å²) in [4.78, 5) is 25.5. The SMILES string of the molecule is CC1CCCCC1NC(=O)C(=O)N1CCNCC1. The molecule has 2 amide bonds. The summed E-state index contributed by atoms with van der Waals surface area (Å²) < 4.78 is 0. The van der Waals surface area contributed by atoms with Crippen LogP contribution in [0.4, 0.5) is 0 Å². The molecule has 0 aromatic rings. The van der Waals surface area contributed by atoms with Crippen LogP contribution in [0.5, 0.6) is 0 Å². The minimum atomic E-state index is -0.421. The number of nitrogens with zero attached hydrogens (tertiary/aromatic N) is 1. The van der Waals surface area contributed by atoms with Gasteiger partial charge in [-0.1, -0.05) is 19.8 Å². The van der Waals surface area contributed by atoms with Crippen LogP contribution in [0.1, 0.15) is 32.6 Å². The Kier molecular flexibility index (Phi) is 4.58. The standard InChI is InChI=1S/C13H23N3O2/c1-10-4-2-3-5-11(10)15-12(17)13(18)16-8-6-14-7-9-16/h10-11,14H,2-9H2,1H3,(H,15,17). The van der Waals surface area contributed by atoms with E-state index in [2.05, 4.69) is 17.6 Å². The third-order valence-electron chi connectivity index (χ3n) is 4.03. The Bertz CT molecular complexity index is 313. The fourth-order valence-electron chi connectivity index (χ4n) is 2.77. The van der Waals surface area contributed by atoms with Gasteiger partial charge in [-0.3, -0.25) is 9.59 Å². The Labute approximate surface area is 108 Å². The molecule has 0 aromatic carbocycles. The molecule has 2 unspecified atom stereocenters. The number of carbonyl (C=O) groups excluding carboxylic acids is 2. The summed E-state index contributed by atoms with van der Waals surface area (Å²) in [6.45, 7) is 4.97. The number of carbonyl (C=O) groups is 2. The van der Waals surface area contributed by atoms with Crippen LogP contribution in [-0.4, -0.2) is 48.9 Å². The maximum absolute atomic E-state index is 12.0. The maximum Gasteiger partial charge on any atom is 0.311 e. The molecular weight excluding hydrogens is 230 g/mol. The van der Waals surface area contributed by atoms with Crippen molar-refractivity contribution in [3.8, 4) is 0 Å². The molecule has 1 aliphatic heterocycles. The average Bonchev–Trinajstić information content (AvgIpc) is 2.41. The van der Waals surface area contributed by atoms with Crippen LogP contribution in [0.3, 0.4) is 0 Å². The van der Waals surface area contributed by atoms with Gasteiger partial charge >= 0.3 is 11.8 Å². The first-order chi connectivity index (χ1) is 8.68. The molecule has 1 saturated heterocycles. The van der Waals surface area contributed by atoms with Gasteiger partial charge in [0.1, 0.15) is 0 Å². The van der Waals surface area contributed by atoms with Gasteiger partial charge in [0.05, 0.1) is 0 Å². The molecule has 0 spiro atoms. The van der Waals surface area contributed by atoms with Gasteiger partial charge < -0.3 is 15.5 Å². The Hall–Kier alpha value is -1.10. The fourth-order valence-corrected chi connectivity index (χ4v) is 2.77. The molecule has 2 N–H and O–H groups in total. The highest BCUT2D eigenvalue weighted by molar-refractivity contribution is 6.35. The monoisotopic (exact) mass is 253 g/mol. The van der Waals surface area contributed by atoms with E-state index in [-0.39, 0.29) is 11.9 Å². The van der Waals surface area contributed by atoms with E-state index in [9.17, 15) is 9.59 Å². The van der Waals surface area contributed by atoms with E-state index in [0.717, 1.165) is 32.4 Å². The first-order valence-electron chi connectivity index (χ1n) is 6.99. The highest BCUT2D eigenvalue weighted by Gasteiger charge is 2.28. The topological polar surface area (TPSA) is 61.4 Å². The van der Waals surface area contributed by atoms with Crippen molar-refractivity contribution in [3.63, 3.8) is 0 Å². The summed E-state index contributed by atoms with van der Waals surface area (Å²) in [6.07, 6.45) is 4.53. The number of nitrogens with one attached hydrogen (secondary N) is 2. The lowest BCUT2D eigenvalue weighted by molar-refractivity contribution is -0.146. The third-order valence-corrected chi connectivity index (χ3v) is 4.03. The van der Waals surface area contributed by atoms with Gasteiger partial charge in [0.2, 0.25) is 0 Å². The molecule has 0 aromatic heterocycles. The van der Waals surface area contributed by atoms with Crippen molar-refractivity contribution in [2.45, 2.75) is 38.6 Å². The average molecular weight is 253 g/mol. The Morgan fingerprint density at radius 3 is 2.50 bits per heavy atom. The van der Waals surface area contributed by atoms with E-state index in [1.807, 2.05) is 0 Å². The summed E-state index contributed by atoms with van der Waals surface area (Å²) in [5, 5.41) is 6.09. The number of piperazine rings is 1. The molecule has 2 aliphatic rings. The molecule has 102 valence electrons. The van der Waals surface area contributed by atoms with Crippen molar-refractivity contribution in [2.24, 2.45) is 5.92 Å². The maximum atomic E-state index is 12.0. The van der Waals surface area contributed by atoms with Crippen molar-refractivity contribution in [1.82, 2.24) is 15.5 Å². The molecule has 0 bridgehead atoms. The summed E-state index contributed by atoms with van der Waals surface area (Å²) in [5.41, 5.74) is 0. The quantitative estimate of drug-likeness (QED) is 0.652. The van der Waals surface area contributed by atoms with Crippen LogP contribution in [0, 0.1) is 5.92 Å². The van der Waals surface area contributed by atoms with Gasteiger partial charge in [-0.05, 0) is 18.8 Å². The molecule has 18 heavy (non-hydrogen) atoms. The second-order valence-electron chi connectivity index (χ2n) is 5.38. The highest BCUT2D eigenvalue weighted by atomic mass is 16.2. The van der Waals surface area contributed by atoms with Crippen molar-refractivity contribution >= 4 is 11.8 Å². The van der Waals surface area contributed by atoms with E-state index in [0.29, 0.717) is 19.0 Å². The zero-order valence-electron chi connectivity index (χ0n) is 11.1. The van der Waals surface area contributed by atoms with Gasteiger partial charge in [-0.25, -0.2) is 0 Å². The van der Waals surface area contributed by atoms with Gasteiger partial charge in [0.25, 0.3) is 0 Å². The van der Waals surface area contributed by atoms with Gasteiger partial charge in [-0.15, -0.1) is 0 Å². The smallest absolute Gasteiger partial charge is 0.311 e. The highest BCUT2D eigenvalue weighted by Crippen LogP contribution is 2.23. The van der Waals surface area contributed by atoms with Crippen molar-refractivity contribution in [3.05, 3.63) is 0 Å². The minimum Gasteiger partial charge on any atom is -0.345 e. The summed E-state index contributed by atoms with van der Waals surface area (Å²) in [6, 6.07) is 0.179. The summed E-state index contributed by atoms with van der Waals surface area (Å²) in [7, 11) is 0. The molecule has 0 radical (unpaired) electrons. The van der Waals surface area contributed by atoms with Crippen LogP contribution in [0.25, 0.3) is 0 Å². The minimum absolute atomic E-state index is 0.179. The molecule has 1 heterocycles. The fraction of sp³-hybridized carbons (Fsp3) is 0.846. The van der Waals surface area contributed by atoms with Crippen LogP contribution < -0.4 is 10.6 Å². The van der Waals surface area contributed by atoms with Gasteiger partial charge in [0.15, 0.2) is 0 Å². The van der Waals surface area contributed by atoms with Gasteiger partial charge in [-0.2, -0.15) is 0 Å². The van der Waals surface area contributed by atoms with E-state index < -0.39 is 5.91 Å². The molecule has 2 rings (SSSR count). The zero-order chi connectivity index (χ0) is 13.0. The van der Waals surface area contributed by atoms with E-state index >= 15 is 0 Å². The first-order valence-corrected chi connectivity index (χ1v) is 6.99. The molecule has 2 fully saturated rings. The number of hydrogen-bond acceptors (Lipinski definition) is 3. The zero-order valence-corrected chi connectivity index (χ0v) is 11.1. The molecular formula is C13H23N3O2. The van der Waals surface area contributed by atoms with Crippen molar-refractivity contribution in [1.29, 1.82) is 0 Å². The van der Waals surface area contributed by atoms with Crippen molar-refractivity contribution < 1.29 is 9.59 Å². The second kappa shape index (κ2) is 6.18. The predicted molar refractivity (Wildman–Crippen MR) is 69.0 cm³/mol. The van der Waals surface area contributed by atoms with Crippen LogP contribution in [-0.2, 0) is 9.59 Å². The Balaban J connectivity index is 1.84. The third kappa shape index (κ3) is 3.22. The second-order valence-corrected chi connectivity index (χ2v) is 5.38. The Morgan fingerprint density at radius 1 is 1.17 bits per heavy atom. The van der Waals surface area contributed by atoms with Crippen LogP contribution in [0.2, 0.25) is 0 Å². The molecule has 5 heteroatoms. The first kappa shape index (κ1) is 13.3. The largest absolute Gasteiger partial charge is 0.345 e. The number of hydrogen-bond donors (Lipinski definition) is 2. The lowest BCUT2D eigenvalue weighted by atomic mass is 9.86. The molecule has 1 saturated carbocycles. The van der Waals surface area contributed by atoms with E-state index in [1.165, 1.54) is 6.42 Å². The predicted octanol–water partition coefficient (Wildman–Crippen LogP) is 0.113. The van der Waals surface area contributed by atoms with E-state index in [4.69, 9.17) is 0 Å². The van der Waals surface area contributed by atoms with E-state index in [1.54, 1.807) is 4.90 Å². The summed E-state index contributed by atoms with van der Waals surface area (Å²) in [5.74, 6) is -0.302. The Morgan fingerprint density at radius 2 is 1.83 bits per heavy atom. The molecule has 5 nitrogen and oxygen atoms in total. The van der Waals surface area contributed by atoms with Crippen molar-refractivity contribution in [2.75, 3.05) is 26.2 Å². The number of amides is 2. The summed E-state index contributed by atoms with van der Waals surface area (Å²) >= 11 is 0. The lowest BCUT2D eigenvalue weighted by Gasteiger charge is -2.31. The lowest BCUT2D eigenvalue weighted by Crippen LogP contribution is -2.53. The van der Waals surface area contributed by atoms with Gasteiger partial charge in [0, 0.05) is 32.2 Å². The number of rotatable bonds is 1. The van der Waals surface area contributed by atoms with Crippen LogP contribution in [0.15, 0.2) is 0 Å². The molecule has 2 atom stereocenters.